The topological polar surface area (TPSA) is 44.8 Å². The van der Waals surface area contributed by atoms with Crippen LogP contribution in [0.3, 0.4) is 0 Å². The molecule has 1 aromatic rings. The molecular formula is C17H27N3O2. The Hall–Kier alpha value is -1.43. The Kier molecular flexibility index (Phi) is 6.83. The van der Waals surface area contributed by atoms with Gasteiger partial charge >= 0.3 is 0 Å². The maximum absolute atomic E-state index is 12.0. The van der Waals surface area contributed by atoms with E-state index in [0.717, 1.165) is 51.4 Å². The van der Waals surface area contributed by atoms with E-state index in [1.54, 1.807) is 0 Å². The molecule has 2 rings (SSSR count). The van der Waals surface area contributed by atoms with E-state index in [2.05, 4.69) is 15.1 Å². The van der Waals surface area contributed by atoms with Crippen LogP contribution in [0.5, 0.6) is 0 Å². The van der Waals surface area contributed by atoms with E-state index < -0.39 is 0 Å². The van der Waals surface area contributed by atoms with E-state index in [1.165, 1.54) is 5.56 Å². The summed E-state index contributed by atoms with van der Waals surface area (Å²) >= 11 is 0. The molecule has 5 heteroatoms. The minimum atomic E-state index is 0.0108. The molecule has 0 aromatic heterocycles. The van der Waals surface area contributed by atoms with Crippen molar-refractivity contribution in [3.05, 3.63) is 35.4 Å². The average molecular weight is 305 g/mol. The van der Waals surface area contributed by atoms with Gasteiger partial charge in [0, 0.05) is 31.7 Å². The highest BCUT2D eigenvalue weighted by atomic mass is 16.5. The first-order valence-corrected chi connectivity index (χ1v) is 7.97. The van der Waals surface area contributed by atoms with Gasteiger partial charge in [-0.2, -0.15) is 0 Å². The molecule has 0 atom stereocenters. The summed E-state index contributed by atoms with van der Waals surface area (Å²) in [4.78, 5) is 16.5. The van der Waals surface area contributed by atoms with Gasteiger partial charge in [0.2, 0.25) is 0 Å². The van der Waals surface area contributed by atoms with Crippen LogP contribution in [0.25, 0.3) is 0 Å². The van der Waals surface area contributed by atoms with Gasteiger partial charge in [0.25, 0.3) is 5.91 Å². The van der Waals surface area contributed by atoms with Gasteiger partial charge in [-0.25, -0.2) is 0 Å². The van der Waals surface area contributed by atoms with Crippen LogP contribution in [0.1, 0.15) is 22.3 Å². The molecule has 122 valence electrons. The van der Waals surface area contributed by atoms with Crippen molar-refractivity contribution in [2.75, 3.05) is 53.5 Å². The maximum Gasteiger partial charge on any atom is 0.251 e. The Balaban J connectivity index is 1.76. The minimum Gasteiger partial charge on any atom is -0.379 e. The van der Waals surface area contributed by atoms with Crippen molar-refractivity contribution in [3.8, 4) is 0 Å². The summed E-state index contributed by atoms with van der Waals surface area (Å²) in [6.07, 6.45) is 0.966. The number of hydrogen-bond donors (Lipinski definition) is 1. The van der Waals surface area contributed by atoms with E-state index in [4.69, 9.17) is 4.74 Å². The van der Waals surface area contributed by atoms with Gasteiger partial charge in [0.15, 0.2) is 0 Å². The fourth-order valence-electron chi connectivity index (χ4n) is 2.48. The molecule has 5 nitrogen and oxygen atoms in total. The summed E-state index contributed by atoms with van der Waals surface area (Å²) in [5.41, 5.74) is 1.97. The van der Waals surface area contributed by atoms with E-state index in [1.807, 2.05) is 38.4 Å². The first-order valence-electron chi connectivity index (χ1n) is 7.97. The number of nitrogens with zero attached hydrogens (tertiary/aromatic N) is 2. The van der Waals surface area contributed by atoms with Gasteiger partial charge in [-0.3, -0.25) is 9.69 Å². The van der Waals surface area contributed by atoms with Gasteiger partial charge in [-0.1, -0.05) is 12.1 Å². The molecule has 1 heterocycles. The van der Waals surface area contributed by atoms with E-state index in [-0.39, 0.29) is 5.91 Å². The first kappa shape index (κ1) is 16.9. The number of hydrogen-bond acceptors (Lipinski definition) is 4. The number of morpholine rings is 1. The highest BCUT2D eigenvalue weighted by Crippen LogP contribution is 2.09. The molecule has 0 spiro atoms. The van der Waals surface area contributed by atoms with E-state index in [0.29, 0.717) is 6.54 Å². The summed E-state index contributed by atoms with van der Waals surface area (Å²) in [5, 5.41) is 2.96. The Morgan fingerprint density at radius 1 is 1.23 bits per heavy atom. The molecule has 1 saturated heterocycles. The van der Waals surface area contributed by atoms with Crippen molar-refractivity contribution in [3.63, 3.8) is 0 Å². The summed E-state index contributed by atoms with van der Waals surface area (Å²) in [6, 6.07) is 7.92. The summed E-state index contributed by atoms with van der Waals surface area (Å²) in [6.45, 7) is 6.21. The zero-order chi connectivity index (χ0) is 15.8. The molecule has 0 saturated carbocycles. The van der Waals surface area contributed by atoms with Crippen molar-refractivity contribution in [2.24, 2.45) is 0 Å². The van der Waals surface area contributed by atoms with Crippen molar-refractivity contribution in [2.45, 2.75) is 13.0 Å². The number of carbonyl (C=O) groups is 1. The van der Waals surface area contributed by atoms with E-state index >= 15 is 0 Å². The van der Waals surface area contributed by atoms with Crippen LogP contribution in [-0.4, -0.2) is 69.2 Å². The molecule has 1 fully saturated rings. The highest BCUT2D eigenvalue weighted by Gasteiger charge is 2.11. The number of amides is 1. The van der Waals surface area contributed by atoms with Gasteiger partial charge < -0.3 is 15.0 Å². The molecule has 0 radical (unpaired) electrons. The average Bonchev–Trinajstić information content (AvgIpc) is 2.53. The Labute approximate surface area is 133 Å². The van der Waals surface area contributed by atoms with Crippen LogP contribution in [0, 0.1) is 0 Å². The predicted octanol–water partition coefficient (Wildman–Crippen LogP) is 1.20. The third kappa shape index (κ3) is 5.75. The third-order valence-electron chi connectivity index (χ3n) is 3.79. The second-order valence-electron chi connectivity index (χ2n) is 6.00. The molecule has 1 aliphatic heterocycles. The second-order valence-corrected chi connectivity index (χ2v) is 6.00. The minimum absolute atomic E-state index is 0.0108. The molecular weight excluding hydrogens is 278 g/mol. The lowest BCUT2D eigenvalue weighted by atomic mass is 10.1. The SMILES string of the molecule is CN(C)CCCNC(=O)c1ccc(CN2CCOCC2)cc1. The standard InChI is InChI=1S/C17H27N3O2/c1-19(2)9-3-8-18-17(21)16-6-4-15(5-7-16)14-20-10-12-22-13-11-20/h4-7H,3,8-14H2,1-2H3,(H,18,21). The van der Waals surface area contributed by atoms with Crippen LogP contribution in [0.15, 0.2) is 24.3 Å². The molecule has 1 amide bonds. The molecule has 0 unspecified atom stereocenters. The number of nitrogens with one attached hydrogen (secondary N) is 1. The monoisotopic (exact) mass is 305 g/mol. The quantitative estimate of drug-likeness (QED) is 0.769. The molecule has 1 aromatic carbocycles. The molecule has 22 heavy (non-hydrogen) atoms. The lowest BCUT2D eigenvalue weighted by Crippen LogP contribution is -2.35. The largest absolute Gasteiger partial charge is 0.379 e. The van der Waals surface area contributed by atoms with Crippen molar-refractivity contribution < 1.29 is 9.53 Å². The van der Waals surface area contributed by atoms with Gasteiger partial charge in [-0.05, 0) is 44.8 Å². The second kappa shape index (κ2) is 8.88. The van der Waals surface area contributed by atoms with Crippen LogP contribution in [0.4, 0.5) is 0 Å². The van der Waals surface area contributed by atoms with Crippen molar-refractivity contribution >= 4 is 5.91 Å². The summed E-state index contributed by atoms with van der Waals surface area (Å²) in [5.74, 6) is 0.0108. The number of rotatable bonds is 7. The number of ether oxygens (including phenoxy) is 1. The lowest BCUT2D eigenvalue weighted by Gasteiger charge is -2.26. The number of benzene rings is 1. The summed E-state index contributed by atoms with van der Waals surface area (Å²) < 4.78 is 5.35. The Bertz CT molecular complexity index is 453. The van der Waals surface area contributed by atoms with Crippen LogP contribution in [-0.2, 0) is 11.3 Å². The lowest BCUT2D eigenvalue weighted by molar-refractivity contribution is 0.0342. The third-order valence-corrected chi connectivity index (χ3v) is 3.79. The molecule has 0 bridgehead atoms. The van der Waals surface area contributed by atoms with Gasteiger partial charge in [0.1, 0.15) is 0 Å². The first-order chi connectivity index (χ1) is 10.6. The maximum atomic E-state index is 12.0. The zero-order valence-corrected chi connectivity index (χ0v) is 13.7. The Morgan fingerprint density at radius 3 is 2.55 bits per heavy atom. The molecule has 0 aliphatic carbocycles. The molecule has 1 N–H and O–H groups in total. The van der Waals surface area contributed by atoms with Crippen LogP contribution >= 0.6 is 0 Å². The Morgan fingerprint density at radius 2 is 1.91 bits per heavy atom. The zero-order valence-electron chi connectivity index (χ0n) is 13.7. The van der Waals surface area contributed by atoms with Crippen LogP contribution in [0.2, 0.25) is 0 Å². The molecule has 1 aliphatic rings. The predicted molar refractivity (Wildman–Crippen MR) is 88.0 cm³/mol. The smallest absolute Gasteiger partial charge is 0.251 e. The van der Waals surface area contributed by atoms with Gasteiger partial charge in [0.05, 0.1) is 13.2 Å². The number of carbonyl (C=O) groups excluding carboxylic acids is 1. The van der Waals surface area contributed by atoms with Crippen molar-refractivity contribution in [1.82, 2.24) is 15.1 Å². The van der Waals surface area contributed by atoms with Crippen LogP contribution < -0.4 is 5.32 Å². The van der Waals surface area contributed by atoms with Crippen molar-refractivity contribution in [1.29, 1.82) is 0 Å². The van der Waals surface area contributed by atoms with E-state index in [9.17, 15) is 4.79 Å². The fourth-order valence-corrected chi connectivity index (χ4v) is 2.48. The van der Waals surface area contributed by atoms with Gasteiger partial charge in [-0.15, -0.1) is 0 Å². The summed E-state index contributed by atoms with van der Waals surface area (Å²) in [7, 11) is 4.07. The normalized spacial score (nSPS) is 16.0. The fraction of sp³-hybridized carbons (Fsp3) is 0.588. The highest BCUT2D eigenvalue weighted by molar-refractivity contribution is 5.94.